The van der Waals surface area contributed by atoms with Gasteiger partial charge in [-0.25, -0.2) is 4.98 Å². The summed E-state index contributed by atoms with van der Waals surface area (Å²) in [5, 5.41) is 2.24. The van der Waals surface area contributed by atoms with Crippen LogP contribution in [-0.4, -0.2) is 11.2 Å². The summed E-state index contributed by atoms with van der Waals surface area (Å²) in [6, 6.07) is 10.3. The van der Waals surface area contributed by atoms with Gasteiger partial charge in [-0.05, 0) is 30.5 Å². The van der Waals surface area contributed by atoms with Crippen molar-refractivity contribution in [1.82, 2.24) is 4.98 Å². The maximum absolute atomic E-state index is 4.48. The normalized spacial score (nSPS) is 10.6. The van der Waals surface area contributed by atoms with Gasteiger partial charge in [0.25, 0.3) is 0 Å². The van der Waals surface area contributed by atoms with E-state index in [1.807, 2.05) is 24.5 Å². The van der Waals surface area contributed by atoms with E-state index in [9.17, 15) is 0 Å². The van der Waals surface area contributed by atoms with Gasteiger partial charge in [-0.3, -0.25) is 0 Å². The lowest BCUT2D eigenvalue weighted by atomic mass is 10.2. The van der Waals surface area contributed by atoms with Crippen molar-refractivity contribution in [2.24, 2.45) is 0 Å². The summed E-state index contributed by atoms with van der Waals surface area (Å²) in [4.78, 5) is 4.48. The van der Waals surface area contributed by atoms with Gasteiger partial charge in [0, 0.05) is 9.86 Å². The smallest absolute Gasteiger partial charge is 0.0964 e. The molecule has 13 heavy (non-hydrogen) atoms. The van der Waals surface area contributed by atoms with Crippen molar-refractivity contribution < 1.29 is 0 Å². The molecule has 0 fully saturated rings. The number of halogens is 1. The lowest BCUT2D eigenvalue weighted by Crippen LogP contribution is -1.81. The van der Waals surface area contributed by atoms with E-state index in [4.69, 9.17) is 0 Å². The van der Waals surface area contributed by atoms with Crippen LogP contribution in [0.1, 0.15) is 0 Å². The van der Waals surface area contributed by atoms with E-state index in [0.717, 1.165) is 15.0 Å². The van der Waals surface area contributed by atoms with E-state index in [-0.39, 0.29) is 0 Å². The molecule has 1 nitrogen and oxygen atoms in total. The Morgan fingerprint density at radius 1 is 1.23 bits per heavy atom. The second-order valence-electron chi connectivity index (χ2n) is 2.69. The molecule has 0 atom stereocenters. The Morgan fingerprint density at radius 2 is 2.08 bits per heavy atom. The van der Waals surface area contributed by atoms with Gasteiger partial charge in [-0.2, -0.15) is 0 Å². The average Bonchev–Trinajstić information content (AvgIpc) is 2.17. The van der Waals surface area contributed by atoms with E-state index in [2.05, 4.69) is 33.0 Å². The van der Waals surface area contributed by atoms with Crippen LogP contribution in [0.15, 0.2) is 39.8 Å². The quantitative estimate of drug-likeness (QED) is 0.719. The molecular formula is C10H8BrNS. The van der Waals surface area contributed by atoms with Crippen LogP contribution in [0, 0.1) is 0 Å². The van der Waals surface area contributed by atoms with Gasteiger partial charge in [0.2, 0.25) is 0 Å². The largest absolute Gasteiger partial charge is 0.242 e. The molecule has 0 saturated heterocycles. The third kappa shape index (κ3) is 1.86. The molecule has 0 saturated carbocycles. The number of hydrogen-bond acceptors (Lipinski definition) is 2. The summed E-state index contributed by atoms with van der Waals surface area (Å²) in [6.07, 6.45) is 2.03. The molecule has 1 aromatic carbocycles. The first-order valence-corrected chi connectivity index (χ1v) is 5.92. The molecular weight excluding hydrogens is 246 g/mol. The molecule has 0 aliphatic heterocycles. The van der Waals surface area contributed by atoms with E-state index >= 15 is 0 Å². The SMILES string of the molecule is CSc1ccc2cc(Br)ccc2n1. The van der Waals surface area contributed by atoms with Crippen molar-refractivity contribution >= 4 is 38.6 Å². The lowest BCUT2D eigenvalue weighted by molar-refractivity contribution is 1.19. The summed E-state index contributed by atoms with van der Waals surface area (Å²) >= 11 is 5.10. The van der Waals surface area contributed by atoms with Gasteiger partial charge in [0.05, 0.1) is 10.5 Å². The number of thioether (sulfide) groups is 1. The first kappa shape index (κ1) is 9.03. The summed E-state index contributed by atoms with van der Waals surface area (Å²) < 4.78 is 1.10. The van der Waals surface area contributed by atoms with Crippen LogP contribution in [0.2, 0.25) is 0 Å². The van der Waals surface area contributed by atoms with Crippen LogP contribution in [0.4, 0.5) is 0 Å². The molecule has 1 aromatic heterocycles. The molecule has 0 amide bonds. The fourth-order valence-corrected chi connectivity index (χ4v) is 1.96. The van der Waals surface area contributed by atoms with E-state index in [1.54, 1.807) is 11.8 Å². The van der Waals surface area contributed by atoms with Gasteiger partial charge in [0.1, 0.15) is 0 Å². The highest BCUT2D eigenvalue weighted by Crippen LogP contribution is 2.21. The van der Waals surface area contributed by atoms with Crippen molar-refractivity contribution in [3.8, 4) is 0 Å². The molecule has 0 N–H and O–H groups in total. The predicted molar refractivity (Wildman–Crippen MR) is 61.2 cm³/mol. The van der Waals surface area contributed by atoms with Gasteiger partial charge in [-0.15, -0.1) is 11.8 Å². The Kier molecular flexibility index (Phi) is 2.56. The van der Waals surface area contributed by atoms with Crippen LogP contribution in [0.5, 0.6) is 0 Å². The van der Waals surface area contributed by atoms with Crippen LogP contribution in [0.3, 0.4) is 0 Å². The van der Waals surface area contributed by atoms with Gasteiger partial charge in [-0.1, -0.05) is 22.0 Å². The highest BCUT2D eigenvalue weighted by Gasteiger charge is 1.97. The Balaban J connectivity index is 2.66. The molecule has 0 aliphatic carbocycles. The first-order valence-electron chi connectivity index (χ1n) is 3.90. The number of fused-ring (bicyclic) bond motifs is 1. The number of pyridine rings is 1. The van der Waals surface area contributed by atoms with Crippen LogP contribution in [-0.2, 0) is 0 Å². The van der Waals surface area contributed by atoms with Crippen LogP contribution < -0.4 is 0 Å². The molecule has 2 aromatic rings. The van der Waals surface area contributed by atoms with Crippen LogP contribution in [0.25, 0.3) is 10.9 Å². The van der Waals surface area contributed by atoms with Gasteiger partial charge in [0.15, 0.2) is 0 Å². The zero-order valence-electron chi connectivity index (χ0n) is 7.12. The maximum Gasteiger partial charge on any atom is 0.0964 e. The summed E-state index contributed by atoms with van der Waals surface area (Å²) in [5.74, 6) is 0. The fraction of sp³-hybridized carbons (Fsp3) is 0.100. The third-order valence-electron chi connectivity index (χ3n) is 1.83. The Bertz CT molecular complexity index is 442. The van der Waals surface area contributed by atoms with Gasteiger partial charge < -0.3 is 0 Å². The minimum absolute atomic E-state index is 1.05. The number of rotatable bonds is 1. The average molecular weight is 254 g/mol. The molecule has 0 spiro atoms. The standard InChI is InChI=1S/C10H8BrNS/c1-13-10-5-2-7-6-8(11)3-4-9(7)12-10/h2-6H,1H3. The number of hydrogen-bond donors (Lipinski definition) is 0. The second kappa shape index (κ2) is 3.68. The van der Waals surface area contributed by atoms with Crippen molar-refractivity contribution in [1.29, 1.82) is 0 Å². The topological polar surface area (TPSA) is 12.9 Å². The van der Waals surface area contributed by atoms with E-state index < -0.39 is 0 Å². The molecule has 0 radical (unpaired) electrons. The molecule has 0 unspecified atom stereocenters. The molecule has 3 heteroatoms. The van der Waals surface area contributed by atoms with Crippen molar-refractivity contribution in [2.45, 2.75) is 5.03 Å². The molecule has 0 bridgehead atoms. The number of aromatic nitrogens is 1. The highest BCUT2D eigenvalue weighted by molar-refractivity contribution is 9.10. The van der Waals surface area contributed by atoms with Gasteiger partial charge >= 0.3 is 0 Å². The van der Waals surface area contributed by atoms with Crippen molar-refractivity contribution in [2.75, 3.05) is 6.26 Å². The lowest BCUT2D eigenvalue weighted by Gasteiger charge is -1.99. The monoisotopic (exact) mass is 253 g/mol. The predicted octanol–water partition coefficient (Wildman–Crippen LogP) is 3.72. The second-order valence-corrected chi connectivity index (χ2v) is 4.43. The van der Waals surface area contributed by atoms with E-state index in [1.165, 1.54) is 5.39 Å². The Morgan fingerprint density at radius 3 is 2.85 bits per heavy atom. The fourth-order valence-electron chi connectivity index (χ4n) is 1.19. The molecule has 1 heterocycles. The summed E-state index contributed by atoms with van der Waals surface area (Å²) in [6.45, 7) is 0. The minimum Gasteiger partial charge on any atom is -0.242 e. The minimum atomic E-state index is 1.05. The molecule has 0 aliphatic rings. The molecule has 66 valence electrons. The zero-order valence-corrected chi connectivity index (χ0v) is 9.52. The summed E-state index contributed by atoms with van der Waals surface area (Å²) in [5.41, 5.74) is 1.05. The van der Waals surface area contributed by atoms with E-state index in [0.29, 0.717) is 0 Å². The summed E-state index contributed by atoms with van der Waals surface area (Å²) in [7, 11) is 0. The van der Waals surface area contributed by atoms with Crippen molar-refractivity contribution in [3.63, 3.8) is 0 Å². The first-order chi connectivity index (χ1) is 6.29. The van der Waals surface area contributed by atoms with Crippen LogP contribution >= 0.6 is 27.7 Å². The zero-order chi connectivity index (χ0) is 9.26. The Hall–Kier alpha value is -0.540. The Labute approximate surface area is 89.7 Å². The third-order valence-corrected chi connectivity index (χ3v) is 2.97. The maximum atomic E-state index is 4.48. The molecule has 2 rings (SSSR count). The van der Waals surface area contributed by atoms with Crippen molar-refractivity contribution in [3.05, 3.63) is 34.8 Å². The number of nitrogens with zero attached hydrogens (tertiary/aromatic N) is 1. The number of benzene rings is 1. The highest BCUT2D eigenvalue weighted by atomic mass is 79.9.